The molecule has 0 atom stereocenters. The Balaban J connectivity index is 1.69. The zero-order valence-corrected chi connectivity index (χ0v) is 17.2. The van der Waals surface area contributed by atoms with Crippen LogP contribution >= 0.6 is 11.6 Å². The fourth-order valence-electron chi connectivity index (χ4n) is 3.33. The first kappa shape index (κ1) is 20.6. The molecule has 0 radical (unpaired) electrons. The molecule has 4 rings (SSSR count). The minimum atomic E-state index is -0.885. The molecule has 2 aromatic heterocycles. The van der Waals surface area contributed by atoms with Gasteiger partial charge >= 0.3 is 5.97 Å². The molecule has 0 aliphatic carbocycles. The van der Waals surface area contributed by atoms with Crippen LogP contribution in [0.3, 0.4) is 0 Å². The predicted octanol–water partition coefficient (Wildman–Crippen LogP) is 4.77. The van der Waals surface area contributed by atoms with Crippen LogP contribution in [0.1, 0.15) is 23.2 Å². The van der Waals surface area contributed by atoms with E-state index in [9.17, 15) is 9.59 Å². The average Bonchev–Trinajstić information content (AvgIpc) is 2.76. The van der Waals surface area contributed by atoms with Gasteiger partial charge < -0.3 is 15.7 Å². The number of pyridine rings is 2. The number of benzene rings is 2. The van der Waals surface area contributed by atoms with Crippen molar-refractivity contribution < 1.29 is 14.7 Å². The van der Waals surface area contributed by atoms with E-state index >= 15 is 0 Å². The molecule has 0 saturated carbocycles. The van der Waals surface area contributed by atoms with E-state index in [1.54, 1.807) is 36.7 Å². The van der Waals surface area contributed by atoms with Crippen LogP contribution in [-0.4, -0.2) is 33.5 Å². The summed E-state index contributed by atoms with van der Waals surface area (Å²) in [6, 6.07) is 14.5. The number of carbonyl (C=O) groups is 2. The lowest BCUT2D eigenvalue weighted by molar-refractivity contribution is -0.137. The van der Waals surface area contributed by atoms with Crippen LogP contribution in [-0.2, 0) is 4.79 Å². The Labute approximate surface area is 183 Å². The molecule has 0 fully saturated rings. The van der Waals surface area contributed by atoms with Gasteiger partial charge in [-0.2, -0.15) is 0 Å². The number of carboxylic acids is 1. The molecule has 0 saturated heterocycles. The molecule has 8 heteroatoms. The predicted molar refractivity (Wildman–Crippen MR) is 121 cm³/mol. The normalized spacial score (nSPS) is 10.9. The minimum absolute atomic E-state index is 0.0110. The van der Waals surface area contributed by atoms with Gasteiger partial charge in [0.15, 0.2) is 0 Å². The Bertz CT molecular complexity index is 1290. The Hall–Kier alpha value is -3.71. The highest BCUT2D eigenvalue weighted by atomic mass is 35.5. The van der Waals surface area contributed by atoms with Gasteiger partial charge in [-0.15, -0.1) is 0 Å². The Kier molecular flexibility index (Phi) is 5.95. The molecule has 3 N–H and O–H groups in total. The van der Waals surface area contributed by atoms with Gasteiger partial charge in [-0.3, -0.25) is 14.6 Å². The second-order valence-corrected chi connectivity index (χ2v) is 7.44. The Morgan fingerprint density at radius 2 is 1.90 bits per heavy atom. The first-order valence-electron chi connectivity index (χ1n) is 9.71. The van der Waals surface area contributed by atoms with Gasteiger partial charge in [0.1, 0.15) is 5.82 Å². The molecule has 7 nitrogen and oxygen atoms in total. The van der Waals surface area contributed by atoms with Crippen LogP contribution in [0.2, 0.25) is 5.02 Å². The Morgan fingerprint density at radius 3 is 2.71 bits per heavy atom. The number of carbonyl (C=O) groups excluding carboxylic acids is 1. The molecule has 31 heavy (non-hydrogen) atoms. The van der Waals surface area contributed by atoms with Crippen molar-refractivity contribution in [3.8, 4) is 0 Å². The lowest BCUT2D eigenvalue weighted by Gasteiger charge is -2.12. The smallest absolute Gasteiger partial charge is 0.303 e. The summed E-state index contributed by atoms with van der Waals surface area (Å²) in [4.78, 5) is 32.1. The molecule has 0 aliphatic rings. The van der Waals surface area contributed by atoms with Crippen LogP contribution in [0.5, 0.6) is 0 Å². The highest BCUT2D eigenvalue weighted by molar-refractivity contribution is 6.30. The Morgan fingerprint density at radius 1 is 1.03 bits per heavy atom. The number of anilines is 2. The first-order valence-corrected chi connectivity index (χ1v) is 10.1. The van der Waals surface area contributed by atoms with E-state index < -0.39 is 5.97 Å². The quantitative estimate of drug-likeness (QED) is 0.286. The van der Waals surface area contributed by atoms with Gasteiger partial charge in [-0.25, -0.2) is 4.98 Å². The molecule has 4 aromatic rings. The largest absolute Gasteiger partial charge is 0.481 e. The lowest BCUT2D eigenvalue weighted by Crippen LogP contribution is -2.24. The third-order valence-electron chi connectivity index (χ3n) is 4.80. The van der Waals surface area contributed by atoms with E-state index in [2.05, 4.69) is 15.6 Å². The van der Waals surface area contributed by atoms with Crippen molar-refractivity contribution in [3.63, 3.8) is 0 Å². The zero-order chi connectivity index (χ0) is 21.8. The maximum Gasteiger partial charge on any atom is 0.303 e. The average molecular weight is 435 g/mol. The number of hydrogen-bond donors (Lipinski definition) is 3. The van der Waals surface area contributed by atoms with E-state index in [0.717, 1.165) is 21.8 Å². The van der Waals surface area contributed by atoms with E-state index in [1.165, 1.54) is 0 Å². The molecule has 2 aromatic carbocycles. The summed E-state index contributed by atoms with van der Waals surface area (Å²) in [5.74, 6) is -0.528. The number of amides is 1. The second-order valence-electron chi connectivity index (χ2n) is 7.00. The standard InChI is InChI=1S/C23H19ClN4O3/c24-15-3-1-4-16(12-15)27-22-18-8-10-25-13-19(18)17-7-6-14(11-20(17)28-22)23(31)26-9-2-5-21(29)30/h1,3-4,6-8,10-13H,2,5,9H2,(H,26,31)(H,27,28)(H,29,30). The van der Waals surface area contributed by atoms with Crippen molar-refractivity contribution in [2.75, 3.05) is 11.9 Å². The van der Waals surface area contributed by atoms with Gasteiger partial charge in [0.25, 0.3) is 5.91 Å². The highest BCUT2D eigenvalue weighted by Gasteiger charge is 2.12. The summed E-state index contributed by atoms with van der Waals surface area (Å²) in [6.45, 7) is 0.291. The third-order valence-corrected chi connectivity index (χ3v) is 5.03. The molecular formula is C23H19ClN4O3. The van der Waals surface area contributed by atoms with Gasteiger partial charge in [-0.1, -0.05) is 23.7 Å². The molecule has 0 unspecified atom stereocenters. The number of halogens is 1. The van der Waals surface area contributed by atoms with Crippen molar-refractivity contribution in [2.24, 2.45) is 0 Å². The van der Waals surface area contributed by atoms with Crippen LogP contribution in [0, 0.1) is 0 Å². The number of carboxylic acid groups (broad SMARTS) is 1. The number of nitrogens with zero attached hydrogens (tertiary/aromatic N) is 2. The summed E-state index contributed by atoms with van der Waals surface area (Å²) >= 11 is 6.10. The lowest BCUT2D eigenvalue weighted by atomic mass is 10.1. The van der Waals surface area contributed by atoms with Crippen LogP contribution in [0.4, 0.5) is 11.5 Å². The molecule has 0 spiro atoms. The van der Waals surface area contributed by atoms with E-state index in [0.29, 0.717) is 34.9 Å². The second kappa shape index (κ2) is 8.97. The summed E-state index contributed by atoms with van der Waals surface area (Å²) in [5.41, 5.74) is 1.89. The van der Waals surface area contributed by atoms with Gasteiger partial charge in [0, 0.05) is 57.8 Å². The van der Waals surface area contributed by atoms with Crippen LogP contribution < -0.4 is 10.6 Å². The minimum Gasteiger partial charge on any atom is -0.481 e. The van der Waals surface area contributed by atoms with E-state index in [4.69, 9.17) is 21.7 Å². The fraction of sp³-hybridized carbons (Fsp3) is 0.130. The van der Waals surface area contributed by atoms with Gasteiger partial charge in [0.05, 0.1) is 5.52 Å². The highest BCUT2D eigenvalue weighted by Crippen LogP contribution is 2.31. The number of rotatable bonds is 7. The fourth-order valence-corrected chi connectivity index (χ4v) is 3.52. The van der Waals surface area contributed by atoms with Crippen LogP contribution in [0.15, 0.2) is 60.9 Å². The maximum absolute atomic E-state index is 12.5. The number of aliphatic carboxylic acids is 1. The van der Waals surface area contributed by atoms with Crippen molar-refractivity contribution in [1.82, 2.24) is 15.3 Å². The summed E-state index contributed by atoms with van der Waals surface area (Å²) < 4.78 is 0. The van der Waals surface area contributed by atoms with Crippen molar-refractivity contribution in [1.29, 1.82) is 0 Å². The molecule has 1 amide bonds. The zero-order valence-electron chi connectivity index (χ0n) is 16.4. The van der Waals surface area contributed by atoms with Crippen molar-refractivity contribution in [3.05, 3.63) is 71.5 Å². The van der Waals surface area contributed by atoms with Gasteiger partial charge in [0.2, 0.25) is 0 Å². The summed E-state index contributed by atoms with van der Waals surface area (Å²) in [7, 11) is 0. The summed E-state index contributed by atoms with van der Waals surface area (Å²) in [6.07, 6.45) is 3.86. The molecule has 0 aliphatic heterocycles. The maximum atomic E-state index is 12.5. The number of hydrogen-bond acceptors (Lipinski definition) is 5. The van der Waals surface area contributed by atoms with Crippen molar-refractivity contribution >= 4 is 56.7 Å². The number of fused-ring (bicyclic) bond motifs is 3. The topological polar surface area (TPSA) is 104 Å². The molecule has 0 bridgehead atoms. The van der Waals surface area contributed by atoms with Gasteiger partial charge in [-0.05, 0) is 42.8 Å². The third kappa shape index (κ3) is 4.73. The van der Waals surface area contributed by atoms with Crippen LogP contribution in [0.25, 0.3) is 21.7 Å². The number of nitrogens with one attached hydrogen (secondary N) is 2. The van der Waals surface area contributed by atoms with E-state index in [-0.39, 0.29) is 12.3 Å². The molecular weight excluding hydrogens is 416 g/mol. The van der Waals surface area contributed by atoms with Crippen molar-refractivity contribution in [2.45, 2.75) is 12.8 Å². The van der Waals surface area contributed by atoms with E-state index in [1.807, 2.05) is 24.3 Å². The molecule has 2 heterocycles. The molecule has 156 valence electrons. The monoisotopic (exact) mass is 434 g/mol. The number of aromatic nitrogens is 2. The summed E-state index contributed by atoms with van der Waals surface area (Å²) in [5, 5.41) is 18.0. The first-order chi connectivity index (χ1) is 15.0. The SMILES string of the molecule is O=C(O)CCCNC(=O)c1ccc2c(c1)nc(Nc1cccc(Cl)c1)c1ccncc12.